The molecule has 1 aliphatic carbocycles. The van der Waals surface area contributed by atoms with Crippen LogP contribution in [-0.2, 0) is 17.9 Å². The van der Waals surface area contributed by atoms with Crippen molar-refractivity contribution in [3.63, 3.8) is 0 Å². The number of carbonyl (C=O) groups excluding carboxylic acids is 1. The van der Waals surface area contributed by atoms with Crippen LogP contribution in [-0.4, -0.2) is 44.6 Å². The van der Waals surface area contributed by atoms with Crippen LogP contribution in [0, 0.1) is 15.5 Å². The van der Waals surface area contributed by atoms with Crippen molar-refractivity contribution < 1.29 is 9.72 Å². The van der Waals surface area contributed by atoms with E-state index >= 15 is 0 Å². The first-order chi connectivity index (χ1) is 12.6. The van der Waals surface area contributed by atoms with Gasteiger partial charge in [0, 0.05) is 12.6 Å². The molecule has 0 radical (unpaired) electrons. The lowest BCUT2D eigenvalue weighted by Crippen LogP contribution is -2.40. The maximum absolute atomic E-state index is 13.0. The standard InChI is InChI=1S/C17H21N5O3S.ClH/c23-16(11-20-10-14(8-19-20)22(24)25)21(9-13-1-6-26-12-13)15-7-17(15)2-4-18-5-3-17;/h1,6,8,10,12,15,18H,2-5,7,9,11H2;1H. The van der Waals surface area contributed by atoms with Gasteiger partial charge in [0.05, 0.1) is 4.92 Å². The van der Waals surface area contributed by atoms with Crippen LogP contribution in [0.3, 0.4) is 0 Å². The van der Waals surface area contributed by atoms with Crippen molar-refractivity contribution in [1.82, 2.24) is 20.0 Å². The zero-order valence-electron chi connectivity index (χ0n) is 14.7. The molecule has 1 saturated heterocycles. The predicted octanol–water partition coefficient (Wildman–Crippen LogP) is 2.45. The van der Waals surface area contributed by atoms with E-state index in [0.29, 0.717) is 6.54 Å². The van der Waals surface area contributed by atoms with Gasteiger partial charge in [-0.1, -0.05) is 0 Å². The van der Waals surface area contributed by atoms with Gasteiger partial charge in [0.25, 0.3) is 0 Å². The van der Waals surface area contributed by atoms with Gasteiger partial charge in [-0.25, -0.2) is 0 Å². The number of nitro groups is 1. The Labute approximate surface area is 167 Å². The van der Waals surface area contributed by atoms with Crippen LogP contribution in [0.25, 0.3) is 0 Å². The molecule has 8 nitrogen and oxygen atoms in total. The second kappa shape index (κ2) is 7.95. The number of amides is 1. The van der Waals surface area contributed by atoms with Gasteiger partial charge >= 0.3 is 5.69 Å². The Morgan fingerprint density at radius 1 is 1.48 bits per heavy atom. The number of aromatic nitrogens is 2. The molecule has 2 aliphatic rings. The number of piperidine rings is 1. The molecule has 10 heteroatoms. The quantitative estimate of drug-likeness (QED) is 0.582. The first-order valence-corrected chi connectivity index (χ1v) is 9.70. The largest absolute Gasteiger partial charge is 0.333 e. The van der Waals surface area contributed by atoms with Gasteiger partial charge < -0.3 is 10.2 Å². The number of hydrogen-bond acceptors (Lipinski definition) is 6. The van der Waals surface area contributed by atoms with Crippen molar-refractivity contribution in [1.29, 1.82) is 0 Å². The van der Waals surface area contributed by atoms with E-state index in [9.17, 15) is 14.9 Å². The zero-order chi connectivity index (χ0) is 18.1. The van der Waals surface area contributed by atoms with E-state index in [-0.39, 0.29) is 42.0 Å². The third-order valence-electron chi connectivity index (χ3n) is 5.50. The molecular formula is C17H22ClN5O3S. The first-order valence-electron chi connectivity index (χ1n) is 8.75. The maximum Gasteiger partial charge on any atom is 0.307 e. The fourth-order valence-electron chi connectivity index (χ4n) is 3.94. The molecule has 1 spiro atoms. The second-order valence-corrected chi connectivity index (χ2v) is 7.92. The van der Waals surface area contributed by atoms with Crippen LogP contribution >= 0.6 is 23.7 Å². The van der Waals surface area contributed by atoms with Crippen molar-refractivity contribution >= 4 is 35.3 Å². The molecule has 1 unspecified atom stereocenters. The van der Waals surface area contributed by atoms with Crippen molar-refractivity contribution in [2.75, 3.05) is 13.1 Å². The topological polar surface area (TPSA) is 93.3 Å². The Morgan fingerprint density at radius 2 is 2.26 bits per heavy atom. The summed E-state index contributed by atoms with van der Waals surface area (Å²) in [6.07, 6.45) is 5.73. The van der Waals surface area contributed by atoms with Crippen LogP contribution in [0.4, 0.5) is 5.69 Å². The summed E-state index contributed by atoms with van der Waals surface area (Å²) in [6, 6.07) is 2.30. The zero-order valence-corrected chi connectivity index (χ0v) is 16.4. The molecule has 2 aromatic heterocycles. The van der Waals surface area contributed by atoms with Crippen LogP contribution in [0.15, 0.2) is 29.2 Å². The minimum atomic E-state index is -0.498. The number of halogens is 1. The third-order valence-corrected chi connectivity index (χ3v) is 6.24. The van der Waals surface area contributed by atoms with Gasteiger partial charge in [0.15, 0.2) is 0 Å². The summed E-state index contributed by atoms with van der Waals surface area (Å²) in [7, 11) is 0. The highest BCUT2D eigenvalue weighted by atomic mass is 35.5. The molecule has 4 rings (SSSR count). The van der Waals surface area contributed by atoms with E-state index in [1.54, 1.807) is 11.3 Å². The molecule has 1 N–H and O–H groups in total. The molecule has 1 aliphatic heterocycles. The summed E-state index contributed by atoms with van der Waals surface area (Å²) in [4.78, 5) is 25.3. The average molecular weight is 412 g/mol. The number of thiophene rings is 1. The number of carbonyl (C=O) groups is 1. The van der Waals surface area contributed by atoms with E-state index < -0.39 is 4.92 Å². The van der Waals surface area contributed by atoms with Crippen molar-refractivity contribution in [2.45, 2.75) is 38.4 Å². The van der Waals surface area contributed by atoms with E-state index in [1.165, 1.54) is 17.1 Å². The first kappa shape index (κ1) is 19.8. The molecule has 0 bridgehead atoms. The number of nitrogens with zero attached hydrogens (tertiary/aromatic N) is 4. The van der Waals surface area contributed by atoms with Crippen LogP contribution in [0.5, 0.6) is 0 Å². The molecule has 1 atom stereocenters. The molecular weight excluding hydrogens is 390 g/mol. The number of nitrogens with one attached hydrogen (secondary N) is 1. The third kappa shape index (κ3) is 4.15. The van der Waals surface area contributed by atoms with E-state index in [4.69, 9.17) is 0 Å². The van der Waals surface area contributed by atoms with Crippen LogP contribution < -0.4 is 5.32 Å². The minimum Gasteiger partial charge on any atom is -0.333 e. The monoisotopic (exact) mass is 411 g/mol. The van der Waals surface area contributed by atoms with Gasteiger partial charge in [-0.05, 0) is 60.2 Å². The summed E-state index contributed by atoms with van der Waals surface area (Å²) in [5.41, 5.74) is 1.28. The van der Waals surface area contributed by atoms with E-state index in [0.717, 1.165) is 37.9 Å². The predicted molar refractivity (Wildman–Crippen MR) is 104 cm³/mol. The molecule has 146 valence electrons. The normalized spacial score (nSPS) is 20.1. The fraction of sp³-hybridized carbons (Fsp3) is 0.529. The molecule has 1 amide bonds. The van der Waals surface area contributed by atoms with Gasteiger partial charge in [-0.15, -0.1) is 12.4 Å². The van der Waals surface area contributed by atoms with E-state index in [2.05, 4.69) is 15.8 Å². The highest BCUT2D eigenvalue weighted by Gasteiger charge is 2.57. The van der Waals surface area contributed by atoms with Gasteiger partial charge in [0.2, 0.25) is 5.91 Å². The molecule has 0 aromatic carbocycles. The minimum absolute atomic E-state index is 0. The smallest absolute Gasteiger partial charge is 0.307 e. The molecule has 3 heterocycles. The number of hydrogen-bond donors (Lipinski definition) is 1. The maximum atomic E-state index is 13.0. The van der Waals surface area contributed by atoms with Crippen LogP contribution in [0.1, 0.15) is 24.8 Å². The lowest BCUT2D eigenvalue weighted by molar-refractivity contribution is -0.385. The van der Waals surface area contributed by atoms with Crippen LogP contribution in [0.2, 0.25) is 0 Å². The Hall–Kier alpha value is -1.97. The van der Waals surface area contributed by atoms with E-state index in [1.807, 2.05) is 16.3 Å². The molecule has 27 heavy (non-hydrogen) atoms. The highest BCUT2D eigenvalue weighted by molar-refractivity contribution is 7.07. The summed E-state index contributed by atoms with van der Waals surface area (Å²) in [5.74, 6) is -0.0328. The SMILES string of the molecule is Cl.O=C(Cn1cc([N+](=O)[O-])cn1)N(Cc1ccsc1)C1CC12CCNCC2. The van der Waals surface area contributed by atoms with Gasteiger partial charge in [-0.3, -0.25) is 19.6 Å². The Balaban J connectivity index is 0.00000210. The summed E-state index contributed by atoms with van der Waals surface area (Å²) >= 11 is 1.62. The van der Waals surface area contributed by atoms with Gasteiger partial charge in [-0.2, -0.15) is 16.4 Å². The van der Waals surface area contributed by atoms with Crippen molar-refractivity contribution in [3.05, 3.63) is 44.9 Å². The Bertz CT molecular complexity index is 803. The molecule has 2 aromatic rings. The average Bonchev–Trinajstić information content (AvgIpc) is 3.03. The fourth-order valence-corrected chi connectivity index (χ4v) is 4.60. The highest BCUT2D eigenvalue weighted by Crippen LogP contribution is 2.56. The summed E-state index contributed by atoms with van der Waals surface area (Å²) < 4.78 is 1.36. The van der Waals surface area contributed by atoms with Gasteiger partial charge in [0.1, 0.15) is 18.9 Å². The molecule has 2 fully saturated rings. The van der Waals surface area contributed by atoms with Crippen molar-refractivity contribution in [3.8, 4) is 0 Å². The Kier molecular flexibility index (Phi) is 5.83. The summed E-state index contributed by atoms with van der Waals surface area (Å²) in [5, 5.41) is 22.2. The number of rotatable bonds is 6. The molecule has 1 saturated carbocycles. The second-order valence-electron chi connectivity index (χ2n) is 7.14. The summed E-state index contributed by atoms with van der Waals surface area (Å²) in [6.45, 7) is 2.62. The lowest BCUT2D eigenvalue weighted by atomic mass is 9.93. The Morgan fingerprint density at radius 3 is 2.89 bits per heavy atom. The van der Waals surface area contributed by atoms with Crippen molar-refractivity contribution in [2.24, 2.45) is 5.41 Å². The lowest BCUT2D eigenvalue weighted by Gasteiger charge is -2.29.